The summed E-state index contributed by atoms with van der Waals surface area (Å²) in [4.78, 5) is 5.60. The number of nitrogens with zero attached hydrogens (tertiary/aromatic N) is 1. The van der Waals surface area contributed by atoms with Gasteiger partial charge in [-0.3, -0.25) is 0 Å². The minimum atomic E-state index is 0.653. The van der Waals surface area contributed by atoms with E-state index in [0.29, 0.717) is 5.41 Å². The van der Waals surface area contributed by atoms with Crippen LogP contribution in [0.25, 0.3) is 0 Å². The number of thiazole rings is 1. The van der Waals surface area contributed by atoms with E-state index in [4.69, 9.17) is 0 Å². The Hall–Kier alpha value is -0.410. The molecule has 0 spiro atoms. The lowest BCUT2D eigenvalue weighted by molar-refractivity contribution is 0.444. The molecule has 2 nitrogen and oxygen atoms in total. The van der Waals surface area contributed by atoms with Gasteiger partial charge in [-0.05, 0) is 31.6 Å². The zero-order valence-corrected chi connectivity index (χ0v) is 9.78. The molecule has 0 amide bonds. The van der Waals surface area contributed by atoms with Gasteiger partial charge in [-0.25, -0.2) is 4.98 Å². The summed E-state index contributed by atoms with van der Waals surface area (Å²) in [7, 11) is 0. The van der Waals surface area contributed by atoms with Gasteiger partial charge in [0.15, 0.2) is 0 Å². The fourth-order valence-corrected chi connectivity index (χ4v) is 2.53. The van der Waals surface area contributed by atoms with Crippen LogP contribution in [0.1, 0.15) is 36.1 Å². The molecule has 2 rings (SSSR count). The lowest BCUT2D eigenvalue weighted by Crippen LogP contribution is -2.22. The van der Waals surface area contributed by atoms with Crippen LogP contribution in [0.5, 0.6) is 0 Å². The van der Waals surface area contributed by atoms with Crippen LogP contribution in [0.15, 0.2) is 6.20 Å². The molecule has 1 saturated carbocycles. The molecule has 1 aromatic rings. The minimum absolute atomic E-state index is 0.653. The van der Waals surface area contributed by atoms with Gasteiger partial charge in [-0.2, -0.15) is 0 Å². The highest BCUT2D eigenvalue weighted by molar-refractivity contribution is 7.11. The van der Waals surface area contributed by atoms with Crippen LogP contribution in [-0.4, -0.2) is 11.5 Å². The summed E-state index contributed by atoms with van der Waals surface area (Å²) in [6, 6.07) is 0. The molecule has 0 aromatic carbocycles. The van der Waals surface area contributed by atoms with Crippen molar-refractivity contribution in [2.75, 3.05) is 6.54 Å². The second kappa shape index (κ2) is 3.99. The van der Waals surface area contributed by atoms with E-state index < -0.39 is 0 Å². The summed E-state index contributed by atoms with van der Waals surface area (Å²) < 4.78 is 0. The molecule has 3 heteroatoms. The van der Waals surface area contributed by atoms with E-state index in [2.05, 4.69) is 24.1 Å². The molecule has 0 aliphatic heterocycles. The predicted octanol–water partition coefficient (Wildman–Crippen LogP) is 2.73. The first-order valence-electron chi connectivity index (χ1n) is 5.36. The van der Waals surface area contributed by atoms with Crippen LogP contribution in [0.3, 0.4) is 0 Å². The molecule has 0 saturated heterocycles. The molecular formula is C11H18N2S. The van der Waals surface area contributed by atoms with Gasteiger partial charge in [0.05, 0.1) is 5.01 Å². The third kappa shape index (κ3) is 2.34. The van der Waals surface area contributed by atoms with Crippen LogP contribution < -0.4 is 5.32 Å². The summed E-state index contributed by atoms with van der Waals surface area (Å²) >= 11 is 1.79. The Labute approximate surface area is 89.8 Å². The second-order valence-electron chi connectivity index (χ2n) is 4.30. The van der Waals surface area contributed by atoms with Crippen molar-refractivity contribution in [3.8, 4) is 0 Å². The van der Waals surface area contributed by atoms with Crippen molar-refractivity contribution < 1.29 is 0 Å². The van der Waals surface area contributed by atoms with Crippen molar-refractivity contribution in [1.29, 1.82) is 0 Å². The molecule has 0 bridgehead atoms. The average Bonchev–Trinajstić information content (AvgIpc) is 2.84. The summed E-state index contributed by atoms with van der Waals surface area (Å²) in [6.45, 7) is 6.53. The molecule has 0 radical (unpaired) electrons. The van der Waals surface area contributed by atoms with Crippen LogP contribution in [0.2, 0.25) is 0 Å². The fourth-order valence-electron chi connectivity index (χ4n) is 1.77. The van der Waals surface area contributed by atoms with E-state index in [1.165, 1.54) is 35.7 Å². The van der Waals surface area contributed by atoms with Gasteiger partial charge in [0.25, 0.3) is 0 Å². The standard InChI is InChI=1S/C11H18N2S/c1-3-11(4-5-11)8-12-6-10-7-13-9(2)14-10/h7,12H,3-6,8H2,1-2H3. The highest BCUT2D eigenvalue weighted by Crippen LogP contribution is 2.47. The first kappa shape index (κ1) is 10.1. The smallest absolute Gasteiger partial charge is 0.0897 e. The largest absolute Gasteiger partial charge is 0.311 e. The summed E-state index contributed by atoms with van der Waals surface area (Å²) in [5.41, 5.74) is 0.653. The Kier molecular flexibility index (Phi) is 2.88. The van der Waals surface area contributed by atoms with Crippen molar-refractivity contribution in [1.82, 2.24) is 10.3 Å². The molecule has 1 N–H and O–H groups in total. The normalized spacial score (nSPS) is 18.4. The van der Waals surface area contributed by atoms with E-state index in [1.54, 1.807) is 11.3 Å². The van der Waals surface area contributed by atoms with Crippen molar-refractivity contribution in [2.45, 2.75) is 39.7 Å². The molecule has 14 heavy (non-hydrogen) atoms. The third-order valence-electron chi connectivity index (χ3n) is 3.18. The second-order valence-corrected chi connectivity index (χ2v) is 5.62. The molecule has 0 unspecified atom stereocenters. The molecule has 1 fully saturated rings. The maximum absolute atomic E-state index is 4.25. The summed E-state index contributed by atoms with van der Waals surface area (Å²) in [5, 5.41) is 4.70. The third-order valence-corrected chi connectivity index (χ3v) is 4.09. The first-order chi connectivity index (χ1) is 6.74. The Morgan fingerprint density at radius 1 is 1.57 bits per heavy atom. The predicted molar refractivity (Wildman–Crippen MR) is 60.5 cm³/mol. The van der Waals surface area contributed by atoms with Gasteiger partial charge in [0, 0.05) is 24.2 Å². The maximum Gasteiger partial charge on any atom is 0.0897 e. The van der Waals surface area contributed by atoms with Crippen LogP contribution >= 0.6 is 11.3 Å². The van der Waals surface area contributed by atoms with E-state index >= 15 is 0 Å². The molecule has 1 aliphatic rings. The highest BCUT2D eigenvalue weighted by atomic mass is 32.1. The monoisotopic (exact) mass is 210 g/mol. The number of aryl methyl sites for hydroxylation is 1. The molecule has 1 aromatic heterocycles. The number of hydrogen-bond donors (Lipinski definition) is 1. The van der Waals surface area contributed by atoms with Crippen molar-refractivity contribution in [3.63, 3.8) is 0 Å². The van der Waals surface area contributed by atoms with E-state index in [1.807, 2.05) is 6.20 Å². The van der Waals surface area contributed by atoms with Crippen LogP contribution in [-0.2, 0) is 6.54 Å². The first-order valence-corrected chi connectivity index (χ1v) is 6.18. The van der Waals surface area contributed by atoms with Crippen molar-refractivity contribution in [3.05, 3.63) is 16.1 Å². The Bertz CT molecular complexity index is 302. The number of rotatable bonds is 5. The van der Waals surface area contributed by atoms with Crippen molar-refractivity contribution >= 4 is 11.3 Å². The Balaban J connectivity index is 1.73. The van der Waals surface area contributed by atoms with Crippen LogP contribution in [0, 0.1) is 12.3 Å². The SMILES string of the molecule is CCC1(CNCc2cnc(C)s2)CC1. The Morgan fingerprint density at radius 3 is 2.86 bits per heavy atom. The lowest BCUT2D eigenvalue weighted by atomic mass is 10.0. The highest BCUT2D eigenvalue weighted by Gasteiger charge is 2.39. The zero-order chi connectivity index (χ0) is 10.0. The minimum Gasteiger partial charge on any atom is -0.311 e. The lowest BCUT2D eigenvalue weighted by Gasteiger charge is -2.12. The number of nitrogens with one attached hydrogen (secondary N) is 1. The van der Waals surface area contributed by atoms with Gasteiger partial charge < -0.3 is 5.32 Å². The summed E-state index contributed by atoms with van der Waals surface area (Å²) in [5.74, 6) is 0. The zero-order valence-electron chi connectivity index (χ0n) is 8.97. The van der Waals surface area contributed by atoms with Gasteiger partial charge >= 0.3 is 0 Å². The van der Waals surface area contributed by atoms with Gasteiger partial charge in [0.1, 0.15) is 0 Å². The van der Waals surface area contributed by atoms with Crippen LogP contribution in [0.4, 0.5) is 0 Å². The Morgan fingerprint density at radius 2 is 2.36 bits per heavy atom. The molecule has 78 valence electrons. The topological polar surface area (TPSA) is 24.9 Å². The quantitative estimate of drug-likeness (QED) is 0.808. The van der Waals surface area contributed by atoms with Gasteiger partial charge in [-0.1, -0.05) is 6.92 Å². The average molecular weight is 210 g/mol. The molecule has 1 heterocycles. The number of hydrogen-bond acceptors (Lipinski definition) is 3. The van der Waals surface area contributed by atoms with E-state index in [-0.39, 0.29) is 0 Å². The van der Waals surface area contributed by atoms with Gasteiger partial charge in [0.2, 0.25) is 0 Å². The van der Waals surface area contributed by atoms with Gasteiger partial charge in [-0.15, -0.1) is 11.3 Å². The maximum atomic E-state index is 4.25. The summed E-state index contributed by atoms with van der Waals surface area (Å²) in [6.07, 6.45) is 6.14. The fraction of sp³-hybridized carbons (Fsp3) is 0.727. The molecule has 1 aliphatic carbocycles. The van der Waals surface area contributed by atoms with E-state index in [0.717, 1.165) is 6.54 Å². The molecular weight excluding hydrogens is 192 g/mol. The van der Waals surface area contributed by atoms with E-state index in [9.17, 15) is 0 Å². The van der Waals surface area contributed by atoms with Crippen molar-refractivity contribution in [2.24, 2.45) is 5.41 Å². The number of aromatic nitrogens is 1. The molecule has 0 atom stereocenters.